The Bertz CT molecular complexity index is 487. The zero-order valence-electron chi connectivity index (χ0n) is 11.4. The maximum absolute atomic E-state index is 11.3. The molecule has 0 aliphatic carbocycles. The molecule has 19 heavy (non-hydrogen) atoms. The number of hydrogen-bond acceptors (Lipinski definition) is 4. The molecule has 1 saturated heterocycles. The highest BCUT2D eigenvalue weighted by Crippen LogP contribution is 2.35. The summed E-state index contributed by atoms with van der Waals surface area (Å²) >= 11 is 7.10. The molecular formula is C13H19ClN2O2S. The number of thiophene rings is 1. The molecule has 1 aromatic heterocycles. The summed E-state index contributed by atoms with van der Waals surface area (Å²) in [5.74, 6) is 0.0342. The lowest BCUT2D eigenvalue weighted by Crippen LogP contribution is -2.50. The second-order valence-corrected chi connectivity index (χ2v) is 7.26. The number of carbonyl (C=O) groups is 1. The second-order valence-electron chi connectivity index (χ2n) is 5.57. The normalized spacial score (nSPS) is 23.3. The Kier molecular flexibility index (Phi) is 4.08. The van der Waals surface area contributed by atoms with Crippen molar-refractivity contribution in [2.45, 2.75) is 38.3 Å². The summed E-state index contributed by atoms with van der Waals surface area (Å²) in [5, 5.41) is 0. The van der Waals surface area contributed by atoms with Crippen molar-refractivity contribution in [1.29, 1.82) is 0 Å². The predicted molar refractivity (Wildman–Crippen MR) is 78.2 cm³/mol. The summed E-state index contributed by atoms with van der Waals surface area (Å²) in [6.45, 7) is 5.36. The Morgan fingerprint density at radius 3 is 2.89 bits per heavy atom. The van der Waals surface area contributed by atoms with Crippen LogP contribution in [0.3, 0.4) is 0 Å². The van der Waals surface area contributed by atoms with Crippen molar-refractivity contribution in [2.24, 2.45) is 5.73 Å². The Morgan fingerprint density at radius 2 is 2.32 bits per heavy atom. The zero-order valence-corrected chi connectivity index (χ0v) is 13.0. The minimum Gasteiger partial charge on any atom is -0.489 e. The van der Waals surface area contributed by atoms with Crippen LogP contribution in [0.2, 0.25) is 4.34 Å². The van der Waals surface area contributed by atoms with Gasteiger partial charge < -0.3 is 15.4 Å². The van der Waals surface area contributed by atoms with Gasteiger partial charge in [-0.05, 0) is 27.3 Å². The predicted octanol–water partition coefficient (Wildman–Crippen LogP) is 2.75. The number of rotatable bonds is 3. The third-order valence-corrected chi connectivity index (χ3v) is 4.99. The summed E-state index contributed by atoms with van der Waals surface area (Å²) in [7, 11) is 2.12. The SMILES string of the molecule is CN1CCC(Oc2cc(Cl)sc2C(N)=O)CC1(C)C. The molecule has 2 N–H and O–H groups in total. The average Bonchev–Trinajstić information content (AvgIpc) is 2.64. The van der Waals surface area contributed by atoms with Crippen LogP contribution in [-0.4, -0.2) is 36.0 Å². The molecule has 6 heteroatoms. The third kappa shape index (κ3) is 3.22. The molecule has 1 aromatic rings. The van der Waals surface area contributed by atoms with E-state index in [1.807, 2.05) is 0 Å². The third-order valence-electron chi connectivity index (χ3n) is 3.73. The monoisotopic (exact) mass is 302 g/mol. The van der Waals surface area contributed by atoms with Crippen molar-refractivity contribution in [3.8, 4) is 5.75 Å². The first-order valence-corrected chi connectivity index (χ1v) is 7.46. The molecule has 1 fully saturated rings. The zero-order chi connectivity index (χ0) is 14.2. The van der Waals surface area contributed by atoms with Gasteiger partial charge in [-0.2, -0.15) is 0 Å². The van der Waals surface area contributed by atoms with E-state index < -0.39 is 5.91 Å². The second kappa shape index (κ2) is 5.31. The quantitative estimate of drug-likeness (QED) is 0.934. The number of hydrogen-bond donors (Lipinski definition) is 1. The highest BCUT2D eigenvalue weighted by Gasteiger charge is 2.34. The van der Waals surface area contributed by atoms with Crippen LogP contribution in [0.15, 0.2) is 6.07 Å². The molecule has 0 bridgehead atoms. The average molecular weight is 303 g/mol. The molecule has 2 rings (SSSR count). The minimum absolute atomic E-state index is 0.0926. The molecule has 1 aliphatic heterocycles. The summed E-state index contributed by atoms with van der Waals surface area (Å²) in [4.78, 5) is 14.1. The van der Waals surface area contributed by atoms with Gasteiger partial charge in [0.05, 0.1) is 4.34 Å². The van der Waals surface area contributed by atoms with Gasteiger partial charge >= 0.3 is 0 Å². The Labute approximate surface area is 122 Å². The standard InChI is InChI=1S/C13H19ClN2O2S/c1-13(2)7-8(4-5-16(13)3)18-9-6-10(14)19-11(9)12(15)17/h6,8H,4-5,7H2,1-3H3,(H2,15,17). The molecule has 4 nitrogen and oxygen atoms in total. The molecule has 1 amide bonds. The van der Waals surface area contributed by atoms with Gasteiger partial charge in [-0.25, -0.2) is 0 Å². The molecule has 0 radical (unpaired) electrons. The van der Waals surface area contributed by atoms with Crippen LogP contribution in [0, 0.1) is 0 Å². The fourth-order valence-electron chi connectivity index (χ4n) is 2.34. The number of amides is 1. The van der Waals surface area contributed by atoms with E-state index in [0.717, 1.165) is 19.4 Å². The van der Waals surface area contributed by atoms with Crippen LogP contribution in [-0.2, 0) is 0 Å². The summed E-state index contributed by atoms with van der Waals surface area (Å²) in [6.07, 6.45) is 1.94. The van der Waals surface area contributed by atoms with E-state index in [4.69, 9.17) is 22.1 Å². The molecule has 1 aliphatic rings. The van der Waals surface area contributed by atoms with Gasteiger partial charge in [-0.15, -0.1) is 11.3 Å². The lowest BCUT2D eigenvalue weighted by Gasteiger charge is -2.43. The van der Waals surface area contributed by atoms with Crippen LogP contribution >= 0.6 is 22.9 Å². The first kappa shape index (κ1) is 14.6. The lowest BCUT2D eigenvalue weighted by atomic mass is 9.89. The number of nitrogens with zero attached hydrogens (tertiary/aromatic N) is 1. The fraction of sp³-hybridized carbons (Fsp3) is 0.615. The number of carbonyl (C=O) groups excluding carboxylic acids is 1. The van der Waals surface area contributed by atoms with Gasteiger partial charge in [-0.3, -0.25) is 4.79 Å². The maximum Gasteiger partial charge on any atom is 0.262 e. The van der Waals surface area contributed by atoms with Crippen molar-refractivity contribution >= 4 is 28.8 Å². The van der Waals surface area contributed by atoms with Gasteiger partial charge in [0.1, 0.15) is 16.7 Å². The van der Waals surface area contributed by atoms with Crippen LogP contribution in [0.4, 0.5) is 0 Å². The van der Waals surface area contributed by atoms with E-state index in [9.17, 15) is 4.79 Å². The van der Waals surface area contributed by atoms with Gasteiger partial charge in [-0.1, -0.05) is 11.6 Å². The topological polar surface area (TPSA) is 55.6 Å². The molecular weight excluding hydrogens is 284 g/mol. The smallest absolute Gasteiger partial charge is 0.262 e. The lowest BCUT2D eigenvalue weighted by molar-refractivity contribution is 0.0259. The van der Waals surface area contributed by atoms with Crippen LogP contribution in [0.25, 0.3) is 0 Å². The summed E-state index contributed by atoms with van der Waals surface area (Å²) in [6, 6.07) is 1.68. The van der Waals surface area contributed by atoms with Crippen molar-refractivity contribution < 1.29 is 9.53 Å². The number of piperidine rings is 1. The van der Waals surface area contributed by atoms with Gasteiger partial charge in [0.25, 0.3) is 5.91 Å². The first-order chi connectivity index (χ1) is 8.79. The van der Waals surface area contributed by atoms with Gasteiger partial charge in [0.15, 0.2) is 0 Å². The summed E-state index contributed by atoms with van der Waals surface area (Å²) < 4.78 is 6.48. The van der Waals surface area contributed by atoms with E-state index >= 15 is 0 Å². The Morgan fingerprint density at radius 1 is 1.63 bits per heavy atom. The fourth-order valence-corrected chi connectivity index (χ4v) is 3.34. The van der Waals surface area contributed by atoms with E-state index in [1.54, 1.807) is 6.07 Å². The van der Waals surface area contributed by atoms with Gasteiger partial charge in [0, 0.05) is 24.6 Å². The maximum atomic E-state index is 11.3. The Balaban J connectivity index is 2.12. The van der Waals surface area contributed by atoms with Gasteiger partial charge in [0.2, 0.25) is 0 Å². The number of ether oxygens (including phenoxy) is 1. The molecule has 1 unspecified atom stereocenters. The largest absolute Gasteiger partial charge is 0.489 e. The van der Waals surface area contributed by atoms with E-state index in [2.05, 4.69) is 25.8 Å². The van der Waals surface area contributed by atoms with Crippen molar-refractivity contribution in [1.82, 2.24) is 4.90 Å². The molecule has 106 valence electrons. The number of nitrogens with two attached hydrogens (primary N) is 1. The van der Waals surface area contributed by atoms with Crippen molar-refractivity contribution in [3.63, 3.8) is 0 Å². The van der Waals surface area contributed by atoms with E-state index in [1.165, 1.54) is 11.3 Å². The molecule has 0 spiro atoms. The van der Waals surface area contributed by atoms with Crippen LogP contribution in [0.1, 0.15) is 36.4 Å². The highest BCUT2D eigenvalue weighted by molar-refractivity contribution is 7.18. The van der Waals surface area contributed by atoms with E-state index in [-0.39, 0.29) is 11.6 Å². The number of halogens is 1. The highest BCUT2D eigenvalue weighted by atomic mass is 35.5. The Hall–Kier alpha value is -0.780. The van der Waals surface area contributed by atoms with Crippen molar-refractivity contribution in [2.75, 3.05) is 13.6 Å². The molecule has 0 aromatic carbocycles. The van der Waals surface area contributed by atoms with Crippen LogP contribution in [0.5, 0.6) is 5.75 Å². The molecule has 1 atom stereocenters. The number of likely N-dealkylation sites (tertiary alicyclic amines) is 1. The van der Waals surface area contributed by atoms with Crippen molar-refractivity contribution in [3.05, 3.63) is 15.3 Å². The molecule has 0 saturated carbocycles. The summed E-state index contributed by atoms with van der Waals surface area (Å²) in [5.41, 5.74) is 5.43. The van der Waals surface area contributed by atoms with E-state index in [0.29, 0.717) is 15.0 Å². The first-order valence-electron chi connectivity index (χ1n) is 6.26. The molecule has 2 heterocycles. The number of primary amides is 1. The minimum atomic E-state index is -0.487. The van der Waals surface area contributed by atoms with Crippen LogP contribution < -0.4 is 10.5 Å².